The van der Waals surface area contributed by atoms with Crippen LogP contribution < -0.4 is 16.0 Å². The molecule has 0 aliphatic carbocycles. The van der Waals surface area contributed by atoms with Gasteiger partial charge < -0.3 is 10.6 Å². The molecule has 20 heavy (non-hydrogen) atoms. The van der Waals surface area contributed by atoms with Crippen molar-refractivity contribution in [1.29, 1.82) is 0 Å². The SMILES string of the molecule is CC(C)NCc1cn(CC(=O)NC(=O)NC(C)C)nn1. The van der Waals surface area contributed by atoms with E-state index in [0.29, 0.717) is 12.6 Å². The number of amides is 3. The number of carbonyl (C=O) groups excluding carboxylic acids is 2. The van der Waals surface area contributed by atoms with Crippen molar-refractivity contribution in [3.8, 4) is 0 Å². The minimum Gasteiger partial charge on any atom is -0.336 e. The predicted molar refractivity (Wildman–Crippen MR) is 73.8 cm³/mol. The van der Waals surface area contributed by atoms with Crippen molar-refractivity contribution in [1.82, 2.24) is 30.9 Å². The number of carbonyl (C=O) groups is 2. The molecule has 1 aromatic rings. The number of nitrogens with one attached hydrogen (secondary N) is 3. The van der Waals surface area contributed by atoms with Crippen molar-refractivity contribution in [2.45, 2.75) is 52.9 Å². The summed E-state index contributed by atoms with van der Waals surface area (Å²) in [5, 5.41) is 15.8. The Kier molecular flexibility index (Phi) is 6.10. The maximum absolute atomic E-state index is 11.6. The number of urea groups is 1. The summed E-state index contributed by atoms with van der Waals surface area (Å²) in [5.74, 6) is -0.434. The lowest BCUT2D eigenvalue weighted by Gasteiger charge is -2.08. The lowest BCUT2D eigenvalue weighted by molar-refractivity contribution is -0.120. The first-order chi connectivity index (χ1) is 9.36. The van der Waals surface area contributed by atoms with Crippen LogP contribution in [0.25, 0.3) is 0 Å². The van der Waals surface area contributed by atoms with Crippen LogP contribution in [0.5, 0.6) is 0 Å². The summed E-state index contributed by atoms with van der Waals surface area (Å²) < 4.78 is 1.40. The molecule has 1 heterocycles. The van der Waals surface area contributed by atoms with Crippen molar-refractivity contribution in [3.63, 3.8) is 0 Å². The van der Waals surface area contributed by atoms with Crippen LogP contribution in [0.15, 0.2) is 6.20 Å². The lowest BCUT2D eigenvalue weighted by atomic mass is 10.3. The first-order valence-electron chi connectivity index (χ1n) is 6.59. The van der Waals surface area contributed by atoms with Gasteiger partial charge >= 0.3 is 6.03 Å². The molecule has 0 saturated heterocycles. The molecule has 0 spiro atoms. The van der Waals surface area contributed by atoms with Gasteiger partial charge in [-0.3, -0.25) is 10.1 Å². The van der Waals surface area contributed by atoms with Crippen molar-refractivity contribution in [3.05, 3.63) is 11.9 Å². The van der Waals surface area contributed by atoms with E-state index in [0.717, 1.165) is 5.69 Å². The smallest absolute Gasteiger partial charge is 0.321 e. The number of hydrogen-bond donors (Lipinski definition) is 3. The van der Waals surface area contributed by atoms with Crippen molar-refractivity contribution in [2.24, 2.45) is 0 Å². The van der Waals surface area contributed by atoms with Crippen LogP contribution in [0.3, 0.4) is 0 Å². The van der Waals surface area contributed by atoms with E-state index in [1.165, 1.54) is 4.68 Å². The molecule has 0 saturated carbocycles. The second-order valence-electron chi connectivity index (χ2n) is 5.12. The Morgan fingerprint density at radius 1 is 1.25 bits per heavy atom. The minimum absolute atomic E-state index is 0.0251. The highest BCUT2D eigenvalue weighted by atomic mass is 16.2. The topological polar surface area (TPSA) is 101 Å². The molecule has 0 aliphatic rings. The van der Waals surface area contributed by atoms with Gasteiger partial charge in [-0.25, -0.2) is 9.48 Å². The van der Waals surface area contributed by atoms with Gasteiger partial charge in [0.15, 0.2) is 0 Å². The Morgan fingerprint density at radius 2 is 1.95 bits per heavy atom. The third kappa shape index (κ3) is 6.28. The average molecular weight is 282 g/mol. The lowest BCUT2D eigenvalue weighted by Crippen LogP contribution is -2.43. The number of imide groups is 1. The highest BCUT2D eigenvalue weighted by molar-refractivity contribution is 5.94. The summed E-state index contributed by atoms with van der Waals surface area (Å²) in [7, 11) is 0. The van der Waals surface area contributed by atoms with Crippen molar-refractivity contribution >= 4 is 11.9 Å². The second kappa shape index (κ2) is 7.59. The van der Waals surface area contributed by atoms with Crippen molar-refractivity contribution < 1.29 is 9.59 Å². The van der Waals surface area contributed by atoms with Crippen LogP contribution in [0, 0.1) is 0 Å². The Labute approximate surface area is 118 Å². The van der Waals surface area contributed by atoms with E-state index in [9.17, 15) is 9.59 Å². The highest BCUT2D eigenvalue weighted by Gasteiger charge is 2.10. The van der Waals surface area contributed by atoms with E-state index in [2.05, 4.69) is 26.3 Å². The van der Waals surface area contributed by atoms with Gasteiger partial charge in [-0.15, -0.1) is 5.10 Å². The van der Waals surface area contributed by atoms with E-state index in [1.54, 1.807) is 6.20 Å². The molecule has 112 valence electrons. The molecule has 0 radical (unpaired) electrons. The Morgan fingerprint density at radius 3 is 2.55 bits per heavy atom. The number of nitrogens with zero attached hydrogens (tertiary/aromatic N) is 3. The van der Waals surface area contributed by atoms with Crippen LogP contribution in [0.2, 0.25) is 0 Å². The molecule has 1 rings (SSSR count). The maximum Gasteiger partial charge on any atom is 0.321 e. The summed E-state index contributed by atoms with van der Waals surface area (Å²) in [5.41, 5.74) is 0.748. The Hall–Kier alpha value is -1.96. The van der Waals surface area contributed by atoms with Gasteiger partial charge in [-0.05, 0) is 13.8 Å². The largest absolute Gasteiger partial charge is 0.336 e. The van der Waals surface area contributed by atoms with Gasteiger partial charge in [0.05, 0.1) is 11.9 Å². The third-order valence-corrected chi connectivity index (χ3v) is 2.26. The fourth-order valence-corrected chi connectivity index (χ4v) is 1.42. The molecule has 8 heteroatoms. The number of hydrogen-bond acceptors (Lipinski definition) is 5. The summed E-state index contributed by atoms with van der Waals surface area (Å²) in [6, 6.07) is -0.183. The molecule has 3 N–H and O–H groups in total. The zero-order chi connectivity index (χ0) is 15.1. The molecule has 0 atom stereocenters. The molecule has 0 fully saturated rings. The van der Waals surface area contributed by atoms with Gasteiger partial charge in [-0.2, -0.15) is 0 Å². The zero-order valence-corrected chi connectivity index (χ0v) is 12.3. The maximum atomic E-state index is 11.6. The standard InChI is InChI=1S/C12H22N6O2/c1-8(2)13-5-10-6-18(17-16-10)7-11(19)15-12(20)14-9(3)4/h6,8-9,13H,5,7H2,1-4H3,(H2,14,15,19,20). The molecule has 0 aliphatic heterocycles. The van der Waals surface area contributed by atoms with E-state index in [-0.39, 0.29) is 12.6 Å². The first kappa shape index (κ1) is 16.1. The van der Waals surface area contributed by atoms with E-state index >= 15 is 0 Å². The van der Waals surface area contributed by atoms with Gasteiger partial charge in [0.1, 0.15) is 6.54 Å². The fraction of sp³-hybridized carbons (Fsp3) is 0.667. The summed E-state index contributed by atoms with van der Waals surface area (Å²) >= 11 is 0. The van der Waals surface area contributed by atoms with Crippen LogP contribution in [0.4, 0.5) is 4.79 Å². The molecule has 0 bridgehead atoms. The molecule has 3 amide bonds. The number of rotatable bonds is 6. The quantitative estimate of drug-likeness (QED) is 0.682. The Balaban J connectivity index is 2.40. The van der Waals surface area contributed by atoms with E-state index in [1.807, 2.05) is 27.7 Å². The summed E-state index contributed by atoms with van der Waals surface area (Å²) in [6.07, 6.45) is 1.68. The van der Waals surface area contributed by atoms with E-state index in [4.69, 9.17) is 0 Å². The molecule has 0 unspecified atom stereocenters. The predicted octanol–water partition coefficient (Wildman–Crippen LogP) is 0.0103. The van der Waals surface area contributed by atoms with Crippen LogP contribution in [-0.2, 0) is 17.9 Å². The van der Waals surface area contributed by atoms with Crippen LogP contribution >= 0.6 is 0 Å². The van der Waals surface area contributed by atoms with Gasteiger partial charge in [0.25, 0.3) is 0 Å². The molecular weight excluding hydrogens is 260 g/mol. The van der Waals surface area contributed by atoms with Crippen LogP contribution in [0.1, 0.15) is 33.4 Å². The highest BCUT2D eigenvalue weighted by Crippen LogP contribution is 1.93. The molecule has 8 nitrogen and oxygen atoms in total. The van der Waals surface area contributed by atoms with Gasteiger partial charge in [0.2, 0.25) is 5.91 Å². The minimum atomic E-state index is -0.508. The zero-order valence-electron chi connectivity index (χ0n) is 12.3. The van der Waals surface area contributed by atoms with Gasteiger partial charge in [0, 0.05) is 18.6 Å². The summed E-state index contributed by atoms with van der Waals surface area (Å²) in [6.45, 7) is 8.24. The second-order valence-corrected chi connectivity index (χ2v) is 5.12. The van der Waals surface area contributed by atoms with Gasteiger partial charge in [-0.1, -0.05) is 19.1 Å². The molecule has 0 aromatic carbocycles. The van der Waals surface area contributed by atoms with E-state index < -0.39 is 11.9 Å². The first-order valence-corrected chi connectivity index (χ1v) is 6.59. The summed E-state index contributed by atoms with van der Waals surface area (Å²) in [4.78, 5) is 22.9. The Bertz CT molecular complexity index is 455. The third-order valence-electron chi connectivity index (χ3n) is 2.26. The molecular formula is C12H22N6O2. The fourth-order valence-electron chi connectivity index (χ4n) is 1.42. The monoisotopic (exact) mass is 282 g/mol. The normalized spacial score (nSPS) is 10.9. The van der Waals surface area contributed by atoms with Crippen molar-refractivity contribution in [2.75, 3.05) is 0 Å². The van der Waals surface area contributed by atoms with Crippen LogP contribution in [-0.4, -0.2) is 39.0 Å². The molecule has 1 aromatic heterocycles. The average Bonchev–Trinajstić information content (AvgIpc) is 2.72. The number of aromatic nitrogens is 3.